The van der Waals surface area contributed by atoms with Crippen LogP contribution < -0.4 is 0 Å². The van der Waals surface area contributed by atoms with E-state index in [9.17, 15) is 0 Å². The van der Waals surface area contributed by atoms with Crippen molar-refractivity contribution in [2.24, 2.45) is 0 Å². The van der Waals surface area contributed by atoms with Crippen molar-refractivity contribution >= 4 is 24.7 Å². The first-order chi connectivity index (χ1) is 10.7. The Morgan fingerprint density at radius 2 is 1.43 bits per heavy atom. The molecule has 3 nitrogen and oxygen atoms in total. The van der Waals surface area contributed by atoms with E-state index >= 15 is 0 Å². The van der Waals surface area contributed by atoms with Gasteiger partial charge in [0, 0.05) is 28.8 Å². The van der Waals surface area contributed by atoms with Crippen molar-refractivity contribution in [1.29, 1.82) is 0 Å². The van der Waals surface area contributed by atoms with Gasteiger partial charge in [0.1, 0.15) is 0 Å². The Morgan fingerprint density at radius 1 is 0.913 bits per heavy atom. The largest absolute Gasteiger partial charge is 0.501 e. The normalized spacial score (nSPS) is 12.6. The lowest BCUT2D eigenvalue weighted by molar-refractivity contribution is 0.00292. The molecule has 0 heterocycles. The van der Waals surface area contributed by atoms with Gasteiger partial charge in [-0.1, -0.05) is 28.1 Å². The molecule has 0 aromatic heterocycles. The summed E-state index contributed by atoms with van der Waals surface area (Å²) in [6.45, 7) is 12.3. The lowest BCUT2D eigenvalue weighted by Crippen LogP contribution is -2.50. The molecule has 0 fully saturated rings. The number of halogens is 1. The molecule has 0 aliphatic carbocycles. The highest BCUT2D eigenvalue weighted by atomic mass is 79.9. The third-order valence-corrected chi connectivity index (χ3v) is 7.03. The molecule has 1 rings (SSSR count). The summed E-state index contributed by atoms with van der Waals surface area (Å²) in [6, 6.07) is 9.29. The van der Waals surface area contributed by atoms with Gasteiger partial charge in [-0.2, -0.15) is 0 Å². The molecule has 0 saturated carbocycles. The first kappa shape index (κ1) is 20.8. The number of rotatable bonds is 10. The van der Waals surface area contributed by atoms with E-state index in [2.05, 4.69) is 34.1 Å². The number of hydrogen-bond acceptors (Lipinski definition) is 3. The maximum atomic E-state index is 6.21. The Bertz CT molecular complexity index is 437. The lowest BCUT2D eigenvalue weighted by Gasteiger charge is -2.34. The molecule has 1 aromatic rings. The highest BCUT2D eigenvalue weighted by molar-refractivity contribution is 9.10. The van der Waals surface area contributed by atoms with Crippen LogP contribution in [0.5, 0.6) is 0 Å². The second kappa shape index (κ2) is 9.94. The van der Waals surface area contributed by atoms with E-state index in [-0.39, 0.29) is 18.3 Å². The predicted octanol–water partition coefficient (Wildman–Crippen LogP) is 5.60. The maximum Gasteiger partial charge on any atom is 0.501 e. The molecule has 0 atom stereocenters. The molecule has 0 unspecified atom stereocenters. The second-order valence-corrected chi connectivity index (χ2v) is 10.2. The summed E-state index contributed by atoms with van der Waals surface area (Å²) in [4.78, 5) is 0. The molecule has 23 heavy (non-hydrogen) atoms. The quantitative estimate of drug-likeness (QED) is 0.476. The minimum atomic E-state index is -2.66. The number of aryl methyl sites for hydroxylation is 1. The molecule has 0 radical (unpaired) electrons. The molecule has 0 aliphatic rings. The maximum absolute atomic E-state index is 6.21. The summed E-state index contributed by atoms with van der Waals surface area (Å²) in [5, 5.41) is 0. The summed E-state index contributed by atoms with van der Waals surface area (Å²) in [7, 11) is -2.66. The van der Waals surface area contributed by atoms with Crippen molar-refractivity contribution in [3.63, 3.8) is 0 Å². The van der Waals surface area contributed by atoms with Crippen molar-refractivity contribution in [3.05, 3.63) is 34.3 Å². The van der Waals surface area contributed by atoms with Crippen LogP contribution in [0.3, 0.4) is 0 Å². The molecular weight excluding hydrogens is 372 g/mol. The summed E-state index contributed by atoms with van der Waals surface area (Å²) >= 11 is 3.53. The lowest BCUT2D eigenvalue weighted by atomic mass is 10.1. The van der Waals surface area contributed by atoms with Crippen LogP contribution >= 0.6 is 15.9 Å². The summed E-state index contributed by atoms with van der Waals surface area (Å²) in [6.07, 6.45) is 2.30. The molecule has 0 N–H and O–H groups in total. The fraction of sp³-hybridized carbons (Fsp3) is 0.667. The van der Waals surface area contributed by atoms with Gasteiger partial charge in [-0.05, 0) is 72.1 Å². The average molecular weight is 403 g/mol. The van der Waals surface area contributed by atoms with E-state index in [4.69, 9.17) is 13.3 Å². The Hall–Kier alpha value is -0.203. The number of benzene rings is 1. The summed E-state index contributed by atoms with van der Waals surface area (Å²) < 4.78 is 19.7. The van der Waals surface area contributed by atoms with E-state index in [1.165, 1.54) is 5.56 Å². The van der Waals surface area contributed by atoms with Gasteiger partial charge in [0.15, 0.2) is 0 Å². The van der Waals surface area contributed by atoms with Crippen LogP contribution in [0.1, 0.15) is 53.5 Å². The smallest absolute Gasteiger partial charge is 0.371 e. The van der Waals surface area contributed by atoms with Gasteiger partial charge in [0.25, 0.3) is 0 Å². The topological polar surface area (TPSA) is 27.7 Å². The average Bonchev–Trinajstić information content (AvgIpc) is 2.35. The van der Waals surface area contributed by atoms with Crippen LogP contribution in [0, 0.1) is 0 Å². The van der Waals surface area contributed by atoms with Crippen LogP contribution in [0.15, 0.2) is 28.7 Å². The molecule has 132 valence electrons. The standard InChI is InChI=1S/C18H31BrO3Si/c1-14(2)20-23(21-15(3)4,22-16(5)6)12-8-10-17-9-7-11-18(19)13-17/h7,9,11,13-16H,8,10,12H2,1-6H3. The van der Waals surface area contributed by atoms with E-state index in [0.29, 0.717) is 0 Å². The van der Waals surface area contributed by atoms with Crippen molar-refractivity contribution in [1.82, 2.24) is 0 Å². The van der Waals surface area contributed by atoms with E-state index in [0.717, 1.165) is 23.4 Å². The van der Waals surface area contributed by atoms with Crippen molar-refractivity contribution in [3.8, 4) is 0 Å². The zero-order valence-electron chi connectivity index (χ0n) is 15.3. The Morgan fingerprint density at radius 3 is 1.87 bits per heavy atom. The van der Waals surface area contributed by atoms with E-state index < -0.39 is 8.80 Å². The van der Waals surface area contributed by atoms with E-state index in [1.807, 2.05) is 47.6 Å². The molecule has 5 heteroatoms. The highest BCUT2D eigenvalue weighted by Gasteiger charge is 2.43. The van der Waals surface area contributed by atoms with Crippen molar-refractivity contribution < 1.29 is 13.3 Å². The third-order valence-electron chi connectivity index (χ3n) is 3.08. The first-order valence-corrected chi connectivity index (χ1v) is 11.2. The Balaban J connectivity index is 2.76. The van der Waals surface area contributed by atoms with Crippen molar-refractivity contribution in [2.75, 3.05) is 0 Å². The highest BCUT2D eigenvalue weighted by Crippen LogP contribution is 2.25. The molecule has 0 saturated heterocycles. The van der Waals surface area contributed by atoms with Gasteiger partial charge in [-0.15, -0.1) is 0 Å². The molecule has 1 aromatic carbocycles. The van der Waals surface area contributed by atoms with Crippen LogP contribution in [0.2, 0.25) is 6.04 Å². The van der Waals surface area contributed by atoms with E-state index in [1.54, 1.807) is 0 Å². The van der Waals surface area contributed by atoms with Gasteiger partial charge in [-0.3, -0.25) is 0 Å². The van der Waals surface area contributed by atoms with Crippen LogP contribution in [0.4, 0.5) is 0 Å². The molecule has 0 amide bonds. The number of hydrogen-bond donors (Lipinski definition) is 0. The molecule has 0 spiro atoms. The zero-order chi connectivity index (χ0) is 17.5. The van der Waals surface area contributed by atoms with Crippen LogP contribution in [-0.2, 0) is 19.7 Å². The van der Waals surface area contributed by atoms with Gasteiger partial charge >= 0.3 is 8.80 Å². The summed E-state index contributed by atoms with van der Waals surface area (Å²) in [5.41, 5.74) is 1.32. The second-order valence-electron chi connectivity index (χ2n) is 6.67. The van der Waals surface area contributed by atoms with Crippen LogP contribution in [0.25, 0.3) is 0 Å². The first-order valence-electron chi connectivity index (χ1n) is 8.50. The Labute approximate surface area is 151 Å². The summed E-state index contributed by atoms with van der Waals surface area (Å²) in [5.74, 6) is 0. The van der Waals surface area contributed by atoms with Gasteiger partial charge in [-0.25, -0.2) is 0 Å². The zero-order valence-corrected chi connectivity index (χ0v) is 17.9. The third kappa shape index (κ3) is 8.45. The minimum absolute atomic E-state index is 0.102. The Kier molecular flexibility index (Phi) is 9.01. The van der Waals surface area contributed by atoms with Gasteiger partial charge in [0.05, 0.1) is 0 Å². The predicted molar refractivity (Wildman–Crippen MR) is 102 cm³/mol. The van der Waals surface area contributed by atoms with Gasteiger partial charge < -0.3 is 13.3 Å². The minimum Gasteiger partial charge on any atom is -0.371 e. The van der Waals surface area contributed by atoms with Crippen LogP contribution in [-0.4, -0.2) is 27.1 Å². The van der Waals surface area contributed by atoms with Gasteiger partial charge in [0.2, 0.25) is 0 Å². The fourth-order valence-corrected chi connectivity index (χ4v) is 6.27. The molecular formula is C18H31BrO3Si. The molecule has 0 aliphatic heterocycles. The molecule has 0 bridgehead atoms. The monoisotopic (exact) mass is 402 g/mol. The SMILES string of the molecule is CC(C)O[Si](CCCc1cccc(Br)c1)(OC(C)C)OC(C)C. The fourth-order valence-electron chi connectivity index (χ4n) is 2.54. The van der Waals surface area contributed by atoms with Crippen molar-refractivity contribution in [2.45, 2.75) is 78.7 Å².